The number of carbonyl (C=O) groups is 1. The molecule has 1 saturated carbocycles. The average Bonchev–Trinajstić information content (AvgIpc) is 2.98. The number of nitriles is 1. The van der Waals surface area contributed by atoms with E-state index in [4.69, 9.17) is 5.26 Å². The molecule has 0 radical (unpaired) electrons. The maximum Gasteiger partial charge on any atom is 0.239 e. The molecule has 94 valence electrons. The number of amides is 1. The Kier molecular flexibility index (Phi) is 4.01. The van der Waals surface area contributed by atoms with Crippen molar-refractivity contribution in [3.63, 3.8) is 0 Å². The summed E-state index contributed by atoms with van der Waals surface area (Å²) in [5, 5.41) is 12.4. The maximum absolute atomic E-state index is 12.1. The number of rotatable bonds is 3. The maximum atomic E-state index is 12.1. The minimum Gasteiger partial charge on any atom is -0.341 e. The van der Waals surface area contributed by atoms with E-state index >= 15 is 0 Å². The second-order valence-electron chi connectivity index (χ2n) is 5.19. The molecule has 2 rings (SSSR count). The lowest BCUT2D eigenvalue weighted by atomic mass is 10.0. The lowest BCUT2D eigenvalue weighted by Crippen LogP contribution is -2.48. The van der Waals surface area contributed by atoms with Crippen molar-refractivity contribution in [3.8, 4) is 6.07 Å². The van der Waals surface area contributed by atoms with Crippen molar-refractivity contribution < 1.29 is 4.79 Å². The molecule has 0 aromatic rings. The zero-order chi connectivity index (χ0) is 12.3. The topological polar surface area (TPSA) is 56.1 Å². The molecule has 4 nitrogen and oxygen atoms in total. The van der Waals surface area contributed by atoms with Gasteiger partial charge in [-0.25, -0.2) is 0 Å². The molecule has 2 fully saturated rings. The van der Waals surface area contributed by atoms with Gasteiger partial charge in [-0.15, -0.1) is 0 Å². The van der Waals surface area contributed by atoms with Gasteiger partial charge >= 0.3 is 0 Å². The van der Waals surface area contributed by atoms with Gasteiger partial charge in [0, 0.05) is 19.1 Å². The minimum atomic E-state index is -0.146. The molecule has 0 spiro atoms. The van der Waals surface area contributed by atoms with Crippen LogP contribution in [0.2, 0.25) is 0 Å². The number of hydrogen-bond acceptors (Lipinski definition) is 3. The first kappa shape index (κ1) is 12.4. The molecule has 1 aliphatic heterocycles. The molecule has 1 saturated heterocycles. The van der Waals surface area contributed by atoms with Crippen LogP contribution in [0, 0.1) is 17.2 Å². The van der Waals surface area contributed by atoms with Gasteiger partial charge in [0.2, 0.25) is 5.91 Å². The Morgan fingerprint density at radius 1 is 1.35 bits per heavy atom. The Bertz CT molecular complexity index is 317. The third-order valence-electron chi connectivity index (χ3n) is 3.93. The van der Waals surface area contributed by atoms with Crippen molar-refractivity contribution in [2.75, 3.05) is 13.1 Å². The highest BCUT2D eigenvalue weighted by Gasteiger charge is 2.31. The monoisotopic (exact) mass is 235 g/mol. The molecule has 3 unspecified atom stereocenters. The summed E-state index contributed by atoms with van der Waals surface area (Å²) in [7, 11) is 0. The van der Waals surface area contributed by atoms with E-state index in [0.717, 1.165) is 45.2 Å². The van der Waals surface area contributed by atoms with Crippen LogP contribution < -0.4 is 5.32 Å². The predicted molar refractivity (Wildman–Crippen MR) is 65.2 cm³/mol. The van der Waals surface area contributed by atoms with Crippen LogP contribution in [0.3, 0.4) is 0 Å². The second kappa shape index (κ2) is 5.50. The molecule has 0 aromatic carbocycles. The van der Waals surface area contributed by atoms with Gasteiger partial charge in [0.25, 0.3) is 0 Å². The molecule has 1 N–H and O–H groups in total. The Labute approximate surface area is 103 Å². The molecule has 1 amide bonds. The van der Waals surface area contributed by atoms with Crippen LogP contribution in [-0.4, -0.2) is 36.0 Å². The van der Waals surface area contributed by atoms with E-state index in [0.29, 0.717) is 0 Å². The second-order valence-corrected chi connectivity index (χ2v) is 5.19. The Morgan fingerprint density at radius 2 is 2.06 bits per heavy atom. The number of nitrogens with one attached hydrogen (secondary N) is 1. The van der Waals surface area contributed by atoms with Crippen molar-refractivity contribution in [1.82, 2.24) is 10.2 Å². The standard InChI is InChI=1S/C13H21N3O/c1-10(13(17)16-7-2-3-8-16)15-12-6-4-5-11(12)9-14/h10-12,15H,2-8H2,1H3. The summed E-state index contributed by atoms with van der Waals surface area (Å²) in [5.74, 6) is 0.287. The highest BCUT2D eigenvalue weighted by Crippen LogP contribution is 2.25. The van der Waals surface area contributed by atoms with Crippen molar-refractivity contribution in [2.45, 2.75) is 51.1 Å². The molecule has 0 bridgehead atoms. The van der Waals surface area contributed by atoms with E-state index in [1.54, 1.807) is 0 Å². The van der Waals surface area contributed by atoms with Crippen molar-refractivity contribution in [2.24, 2.45) is 5.92 Å². The molecular weight excluding hydrogens is 214 g/mol. The lowest BCUT2D eigenvalue weighted by molar-refractivity contribution is -0.132. The fraction of sp³-hybridized carbons (Fsp3) is 0.846. The van der Waals surface area contributed by atoms with E-state index < -0.39 is 0 Å². The molecular formula is C13H21N3O. The molecule has 3 atom stereocenters. The largest absolute Gasteiger partial charge is 0.341 e. The van der Waals surface area contributed by atoms with Crippen molar-refractivity contribution in [3.05, 3.63) is 0 Å². The summed E-state index contributed by atoms with van der Waals surface area (Å²) in [6, 6.07) is 2.40. The first-order chi connectivity index (χ1) is 8.22. The zero-order valence-electron chi connectivity index (χ0n) is 10.5. The number of likely N-dealkylation sites (tertiary alicyclic amines) is 1. The van der Waals surface area contributed by atoms with Gasteiger partial charge in [0.15, 0.2) is 0 Å². The number of nitrogens with zero attached hydrogens (tertiary/aromatic N) is 2. The molecule has 4 heteroatoms. The van der Waals surface area contributed by atoms with Crippen LogP contribution >= 0.6 is 0 Å². The summed E-state index contributed by atoms with van der Waals surface area (Å²) in [5.41, 5.74) is 0. The van der Waals surface area contributed by atoms with Crippen LogP contribution in [0.1, 0.15) is 39.0 Å². The first-order valence-electron chi connectivity index (χ1n) is 6.67. The fourth-order valence-corrected chi connectivity index (χ4v) is 2.92. The smallest absolute Gasteiger partial charge is 0.239 e. The van der Waals surface area contributed by atoms with Gasteiger partial charge in [-0.3, -0.25) is 4.79 Å². The highest BCUT2D eigenvalue weighted by molar-refractivity contribution is 5.81. The Hall–Kier alpha value is -1.08. The van der Waals surface area contributed by atoms with Gasteiger partial charge in [0.1, 0.15) is 0 Å². The Morgan fingerprint density at radius 3 is 2.71 bits per heavy atom. The summed E-state index contributed by atoms with van der Waals surface area (Å²) in [6.07, 6.45) is 5.35. The van der Waals surface area contributed by atoms with Crippen molar-refractivity contribution in [1.29, 1.82) is 5.26 Å². The predicted octanol–water partition coefficient (Wildman–Crippen LogP) is 1.28. The highest BCUT2D eigenvalue weighted by atomic mass is 16.2. The summed E-state index contributed by atoms with van der Waals surface area (Å²) >= 11 is 0. The van der Waals surface area contributed by atoms with Gasteiger partial charge in [0.05, 0.1) is 18.0 Å². The SMILES string of the molecule is CC(NC1CCCC1C#N)C(=O)N1CCCC1. The van der Waals surface area contributed by atoms with Crippen molar-refractivity contribution >= 4 is 5.91 Å². The minimum absolute atomic E-state index is 0.0869. The molecule has 1 heterocycles. The normalized spacial score (nSPS) is 30.2. The van der Waals surface area contributed by atoms with Crippen LogP contribution in [0.25, 0.3) is 0 Å². The van der Waals surface area contributed by atoms with Crippen LogP contribution in [0.5, 0.6) is 0 Å². The molecule has 1 aliphatic carbocycles. The summed E-state index contributed by atoms with van der Waals surface area (Å²) in [6.45, 7) is 3.72. The van der Waals surface area contributed by atoms with Crippen LogP contribution in [0.15, 0.2) is 0 Å². The molecule has 0 aromatic heterocycles. The van der Waals surface area contributed by atoms with Gasteiger partial charge in [-0.2, -0.15) is 5.26 Å². The van der Waals surface area contributed by atoms with Gasteiger partial charge in [-0.05, 0) is 32.6 Å². The number of hydrogen-bond donors (Lipinski definition) is 1. The summed E-state index contributed by atoms with van der Waals surface area (Å²) in [4.78, 5) is 14.0. The van der Waals surface area contributed by atoms with Crippen LogP contribution in [-0.2, 0) is 4.79 Å². The van der Waals surface area contributed by atoms with Gasteiger partial charge < -0.3 is 10.2 Å². The first-order valence-corrected chi connectivity index (χ1v) is 6.67. The summed E-state index contributed by atoms with van der Waals surface area (Å²) < 4.78 is 0. The Balaban J connectivity index is 1.85. The van der Waals surface area contributed by atoms with E-state index in [1.807, 2.05) is 11.8 Å². The van der Waals surface area contributed by atoms with E-state index in [9.17, 15) is 4.79 Å². The van der Waals surface area contributed by atoms with Gasteiger partial charge in [-0.1, -0.05) is 6.42 Å². The molecule has 17 heavy (non-hydrogen) atoms. The zero-order valence-corrected chi connectivity index (χ0v) is 10.5. The fourth-order valence-electron chi connectivity index (χ4n) is 2.92. The quantitative estimate of drug-likeness (QED) is 0.801. The number of carbonyl (C=O) groups excluding carboxylic acids is 1. The third kappa shape index (κ3) is 2.78. The lowest BCUT2D eigenvalue weighted by Gasteiger charge is -2.25. The van der Waals surface area contributed by atoms with E-state index in [-0.39, 0.29) is 23.9 Å². The van der Waals surface area contributed by atoms with E-state index in [1.165, 1.54) is 0 Å². The third-order valence-corrected chi connectivity index (χ3v) is 3.93. The van der Waals surface area contributed by atoms with E-state index in [2.05, 4.69) is 11.4 Å². The average molecular weight is 235 g/mol. The molecule has 2 aliphatic rings. The van der Waals surface area contributed by atoms with Crippen LogP contribution in [0.4, 0.5) is 0 Å².